The molecule has 2 aromatic carbocycles. The van der Waals surface area contributed by atoms with Crippen LogP contribution in [0.1, 0.15) is 24.0 Å². The first-order valence-corrected chi connectivity index (χ1v) is 6.79. The second kappa shape index (κ2) is 6.81. The number of nitrogens with one attached hydrogen (secondary N) is 1. The van der Waals surface area contributed by atoms with Gasteiger partial charge < -0.3 is 5.73 Å². The van der Waals surface area contributed by atoms with Crippen molar-refractivity contribution in [2.45, 2.75) is 18.9 Å². The Labute approximate surface area is 124 Å². The molecule has 21 heavy (non-hydrogen) atoms. The Hall–Kier alpha value is -2.46. The smallest absolute Gasteiger partial charge is 0.243 e. The summed E-state index contributed by atoms with van der Waals surface area (Å²) < 4.78 is 0. The molecule has 0 saturated carbocycles. The van der Waals surface area contributed by atoms with E-state index in [1.54, 1.807) is 6.92 Å². The highest BCUT2D eigenvalue weighted by atomic mass is 16.2. The molecule has 0 aromatic heterocycles. The van der Waals surface area contributed by atoms with E-state index in [-0.39, 0.29) is 5.91 Å². The molecule has 0 aliphatic heterocycles. The summed E-state index contributed by atoms with van der Waals surface area (Å²) in [6, 6.07) is 18.0. The van der Waals surface area contributed by atoms with E-state index in [0.717, 1.165) is 11.1 Å². The van der Waals surface area contributed by atoms with Crippen LogP contribution in [0.5, 0.6) is 0 Å². The maximum atomic E-state index is 12.5. The van der Waals surface area contributed by atoms with E-state index in [4.69, 9.17) is 5.73 Å². The first-order valence-electron chi connectivity index (χ1n) is 6.79. The highest BCUT2D eigenvalue weighted by Crippen LogP contribution is 2.24. The zero-order valence-electron chi connectivity index (χ0n) is 11.8. The quantitative estimate of drug-likeness (QED) is 0.898. The van der Waals surface area contributed by atoms with Crippen molar-refractivity contribution >= 4 is 11.8 Å². The number of hydrogen-bond donors (Lipinski definition) is 2. The maximum Gasteiger partial charge on any atom is 0.243 e. The molecule has 0 saturated heterocycles. The third-order valence-electron chi connectivity index (χ3n) is 3.19. The summed E-state index contributed by atoms with van der Waals surface area (Å²) in [4.78, 5) is 24.1. The van der Waals surface area contributed by atoms with Crippen LogP contribution in [0.15, 0.2) is 60.7 Å². The summed E-state index contributed by atoms with van der Waals surface area (Å²) >= 11 is 0. The van der Waals surface area contributed by atoms with Crippen molar-refractivity contribution in [2.24, 2.45) is 5.73 Å². The van der Waals surface area contributed by atoms with Crippen molar-refractivity contribution in [1.82, 2.24) is 5.32 Å². The van der Waals surface area contributed by atoms with E-state index >= 15 is 0 Å². The van der Waals surface area contributed by atoms with Gasteiger partial charge in [-0.15, -0.1) is 0 Å². The average molecular weight is 282 g/mol. The maximum absolute atomic E-state index is 12.5. The van der Waals surface area contributed by atoms with Crippen LogP contribution in [-0.4, -0.2) is 17.9 Å². The molecule has 1 unspecified atom stereocenters. The molecule has 0 heterocycles. The lowest BCUT2D eigenvalue weighted by atomic mass is 9.90. The minimum atomic E-state index is -0.721. The first-order chi connectivity index (χ1) is 10.1. The monoisotopic (exact) mass is 282 g/mol. The molecule has 2 rings (SSSR count). The van der Waals surface area contributed by atoms with Gasteiger partial charge >= 0.3 is 0 Å². The minimum Gasteiger partial charge on any atom is -0.320 e. The highest BCUT2D eigenvalue weighted by Gasteiger charge is 2.24. The Bertz CT molecular complexity index is 570. The van der Waals surface area contributed by atoms with Crippen LogP contribution in [-0.2, 0) is 9.59 Å². The Morgan fingerprint density at radius 3 is 1.67 bits per heavy atom. The number of carbonyl (C=O) groups is 2. The summed E-state index contributed by atoms with van der Waals surface area (Å²) in [7, 11) is 0. The molecule has 4 nitrogen and oxygen atoms in total. The number of benzene rings is 2. The van der Waals surface area contributed by atoms with Crippen molar-refractivity contribution in [3.05, 3.63) is 71.8 Å². The zero-order chi connectivity index (χ0) is 15.2. The van der Waals surface area contributed by atoms with E-state index in [1.807, 2.05) is 60.7 Å². The Morgan fingerprint density at radius 2 is 1.29 bits per heavy atom. The van der Waals surface area contributed by atoms with Crippen LogP contribution in [0.2, 0.25) is 0 Å². The van der Waals surface area contributed by atoms with E-state index in [1.165, 1.54) is 0 Å². The molecule has 0 aliphatic rings. The van der Waals surface area contributed by atoms with Crippen molar-refractivity contribution in [3.63, 3.8) is 0 Å². The van der Waals surface area contributed by atoms with Gasteiger partial charge in [-0.1, -0.05) is 60.7 Å². The number of amides is 2. The van der Waals surface area contributed by atoms with Gasteiger partial charge in [0.2, 0.25) is 11.8 Å². The summed E-state index contributed by atoms with van der Waals surface area (Å²) in [5.41, 5.74) is 7.16. The van der Waals surface area contributed by atoms with Crippen LogP contribution < -0.4 is 11.1 Å². The molecule has 0 fully saturated rings. The Morgan fingerprint density at radius 1 is 0.857 bits per heavy atom. The number of nitrogens with two attached hydrogens (primary N) is 1. The van der Waals surface area contributed by atoms with Gasteiger partial charge in [0.15, 0.2) is 0 Å². The third kappa shape index (κ3) is 3.77. The van der Waals surface area contributed by atoms with Gasteiger partial charge in [0.05, 0.1) is 12.0 Å². The fourth-order valence-electron chi connectivity index (χ4n) is 2.09. The molecule has 2 aromatic rings. The fraction of sp³-hybridized carbons (Fsp3) is 0.176. The molecular weight excluding hydrogens is 264 g/mol. The number of rotatable bonds is 4. The van der Waals surface area contributed by atoms with E-state index in [0.29, 0.717) is 0 Å². The van der Waals surface area contributed by atoms with Gasteiger partial charge in [0.1, 0.15) is 0 Å². The summed E-state index contributed by atoms with van der Waals surface area (Å²) in [6.45, 7) is 1.54. The van der Waals surface area contributed by atoms with Crippen molar-refractivity contribution < 1.29 is 9.59 Å². The average Bonchev–Trinajstić information content (AvgIpc) is 2.49. The van der Waals surface area contributed by atoms with Crippen LogP contribution in [0, 0.1) is 0 Å². The summed E-state index contributed by atoms with van der Waals surface area (Å²) in [5, 5.41) is 2.37. The molecule has 0 aliphatic carbocycles. The zero-order valence-corrected chi connectivity index (χ0v) is 11.8. The lowest BCUT2D eigenvalue weighted by Crippen LogP contribution is -2.43. The second-order valence-corrected chi connectivity index (χ2v) is 4.90. The molecule has 0 bridgehead atoms. The van der Waals surface area contributed by atoms with E-state index in [9.17, 15) is 9.59 Å². The molecule has 4 heteroatoms. The van der Waals surface area contributed by atoms with E-state index in [2.05, 4.69) is 5.32 Å². The molecule has 0 spiro atoms. The predicted octanol–water partition coefficient (Wildman–Crippen LogP) is 1.81. The normalized spacial score (nSPS) is 12.0. The van der Waals surface area contributed by atoms with E-state index < -0.39 is 17.9 Å². The molecule has 1 atom stereocenters. The van der Waals surface area contributed by atoms with Crippen LogP contribution in [0.25, 0.3) is 0 Å². The lowest BCUT2D eigenvalue weighted by molar-refractivity contribution is -0.131. The number of imide groups is 1. The largest absolute Gasteiger partial charge is 0.320 e. The number of hydrogen-bond acceptors (Lipinski definition) is 3. The van der Waals surface area contributed by atoms with Gasteiger partial charge in [-0.2, -0.15) is 0 Å². The van der Waals surface area contributed by atoms with Gasteiger partial charge in [-0.3, -0.25) is 14.9 Å². The first kappa shape index (κ1) is 14.9. The standard InChI is InChI=1S/C17H18N2O2/c1-12(18)16(20)19-17(21)15(13-8-4-2-5-9-13)14-10-6-3-7-11-14/h2-12,15H,18H2,1H3,(H,19,20,21). The molecule has 2 amide bonds. The van der Waals surface area contributed by atoms with Crippen LogP contribution in [0.4, 0.5) is 0 Å². The predicted molar refractivity (Wildman–Crippen MR) is 81.5 cm³/mol. The minimum absolute atomic E-state index is 0.366. The van der Waals surface area contributed by atoms with Gasteiger partial charge in [-0.05, 0) is 18.1 Å². The van der Waals surface area contributed by atoms with Crippen LogP contribution in [0.3, 0.4) is 0 Å². The number of carbonyl (C=O) groups excluding carboxylic acids is 2. The lowest BCUT2D eigenvalue weighted by Gasteiger charge is -2.18. The van der Waals surface area contributed by atoms with Gasteiger partial charge in [0.25, 0.3) is 0 Å². The second-order valence-electron chi connectivity index (χ2n) is 4.90. The van der Waals surface area contributed by atoms with Gasteiger partial charge in [0, 0.05) is 0 Å². The van der Waals surface area contributed by atoms with Crippen molar-refractivity contribution in [2.75, 3.05) is 0 Å². The highest BCUT2D eigenvalue weighted by molar-refractivity contribution is 6.01. The molecular formula is C17H18N2O2. The van der Waals surface area contributed by atoms with Crippen molar-refractivity contribution in [3.8, 4) is 0 Å². The molecule has 108 valence electrons. The Kier molecular flexibility index (Phi) is 4.85. The third-order valence-corrected chi connectivity index (χ3v) is 3.19. The SMILES string of the molecule is CC(N)C(=O)NC(=O)C(c1ccccc1)c1ccccc1. The topological polar surface area (TPSA) is 72.2 Å². The van der Waals surface area contributed by atoms with Crippen LogP contribution >= 0.6 is 0 Å². The summed E-state index contributed by atoms with van der Waals surface area (Å²) in [5.74, 6) is -1.37. The molecule has 3 N–H and O–H groups in total. The molecule has 0 radical (unpaired) electrons. The Balaban J connectivity index is 2.33. The van der Waals surface area contributed by atoms with Gasteiger partial charge in [-0.25, -0.2) is 0 Å². The fourth-order valence-corrected chi connectivity index (χ4v) is 2.09. The van der Waals surface area contributed by atoms with Crippen molar-refractivity contribution in [1.29, 1.82) is 0 Å². The summed E-state index contributed by atoms with van der Waals surface area (Å²) in [6.07, 6.45) is 0.